The lowest BCUT2D eigenvalue weighted by Crippen LogP contribution is -2.45. The van der Waals surface area contributed by atoms with Gasteiger partial charge in [-0.3, -0.25) is 9.59 Å². The molecule has 3 aromatic carbocycles. The van der Waals surface area contributed by atoms with E-state index >= 15 is 0 Å². The Kier molecular flexibility index (Phi) is 6.12. The number of para-hydroxylation sites is 2. The van der Waals surface area contributed by atoms with Crippen LogP contribution in [0.15, 0.2) is 72.8 Å². The molecule has 0 saturated heterocycles. The van der Waals surface area contributed by atoms with Crippen molar-refractivity contribution < 1.29 is 14.3 Å². The van der Waals surface area contributed by atoms with Crippen LogP contribution in [-0.2, 0) is 9.59 Å². The molecule has 32 heavy (non-hydrogen) atoms. The van der Waals surface area contributed by atoms with Gasteiger partial charge in [0.2, 0.25) is 5.91 Å². The summed E-state index contributed by atoms with van der Waals surface area (Å²) in [6, 6.07) is 22.0. The smallest absolute Gasteiger partial charge is 0.251 e. The number of hydrogen-bond donors (Lipinski definition) is 2. The van der Waals surface area contributed by atoms with E-state index in [1.54, 1.807) is 7.11 Å². The topological polar surface area (TPSA) is 70.7 Å². The second-order valence-corrected chi connectivity index (χ2v) is 8.13. The molecule has 164 valence electrons. The van der Waals surface area contributed by atoms with Crippen LogP contribution in [0.1, 0.15) is 36.9 Å². The zero-order valence-electron chi connectivity index (χ0n) is 18.5. The molecule has 1 aliphatic rings. The number of fused-ring (bicyclic) bond motifs is 1. The molecule has 0 bridgehead atoms. The zero-order valence-corrected chi connectivity index (χ0v) is 18.5. The first kappa shape index (κ1) is 21.4. The van der Waals surface area contributed by atoms with E-state index < -0.39 is 6.04 Å². The number of nitrogens with one attached hydrogen (secondary N) is 2. The summed E-state index contributed by atoms with van der Waals surface area (Å²) >= 11 is 0. The number of carbonyl (C=O) groups is 2. The molecule has 0 aliphatic carbocycles. The standard InChI is InChI=1S/C26H27N3O3/c1-17(2)18-8-12-20(13-9-18)27-26(31)25(19-10-14-21(32-3)15-11-19)29-16-24(30)28-22-6-4-5-7-23(22)29/h4-15,17,25H,16H2,1-3H3,(H,27,31)(H,28,30). The highest BCUT2D eigenvalue weighted by atomic mass is 16.5. The fourth-order valence-corrected chi connectivity index (χ4v) is 3.91. The second kappa shape index (κ2) is 9.14. The molecule has 0 fully saturated rings. The van der Waals surface area contributed by atoms with Crippen LogP contribution in [0.2, 0.25) is 0 Å². The number of methoxy groups -OCH3 is 1. The van der Waals surface area contributed by atoms with E-state index in [0.717, 1.165) is 11.3 Å². The number of benzene rings is 3. The second-order valence-electron chi connectivity index (χ2n) is 8.13. The SMILES string of the molecule is COc1ccc(C(C(=O)Nc2ccc(C(C)C)cc2)N2CC(=O)Nc3ccccc32)cc1. The molecule has 2 amide bonds. The maximum absolute atomic E-state index is 13.6. The van der Waals surface area contributed by atoms with Crippen molar-refractivity contribution in [2.24, 2.45) is 0 Å². The first-order chi connectivity index (χ1) is 15.5. The third-order valence-electron chi connectivity index (χ3n) is 5.64. The van der Waals surface area contributed by atoms with Crippen LogP contribution in [0.3, 0.4) is 0 Å². The monoisotopic (exact) mass is 429 g/mol. The highest BCUT2D eigenvalue weighted by Crippen LogP contribution is 2.36. The molecular formula is C26H27N3O3. The van der Waals surface area contributed by atoms with Crippen molar-refractivity contribution in [2.45, 2.75) is 25.8 Å². The highest BCUT2D eigenvalue weighted by molar-refractivity contribution is 6.05. The first-order valence-corrected chi connectivity index (χ1v) is 10.7. The van der Waals surface area contributed by atoms with Gasteiger partial charge in [0, 0.05) is 5.69 Å². The number of ether oxygens (including phenoxy) is 1. The number of hydrogen-bond acceptors (Lipinski definition) is 4. The Morgan fingerprint density at radius 1 is 0.969 bits per heavy atom. The molecule has 3 aromatic rings. The summed E-state index contributed by atoms with van der Waals surface area (Å²) in [6.07, 6.45) is 0. The molecule has 1 unspecified atom stereocenters. The average Bonchev–Trinajstić information content (AvgIpc) is 2.80. The third-order valence-corrected chi connectivity index (χ3v) is 5.64. The lowest BCUT2D eigenvalue weighted by molar-refractivity contribution is -0.118. The van der Waals surface area contributed by atoms with Crippen LogP contribution < -0.4 is 20.3 Å². The van der Waals surface area contributed by atoms with E-state index in [9.17, 15) is 9.59 Å². The molecule has 6 nitrogen and oxygen atoms in total. The minimum atomic E-state index is -0.696. The minimum Gasteiger partial charge on any atom is -0.497 e. The minimum absolute atomic E-state index is 0.0768. The fraction of sp³-hybridized carbons (Fsp3) is 0.231. The normalized spacial score (nSPS) is 13.9. The van der Waals surface area contributed by atoms with Crippen molar-refractivity contribution in [3.63, 3.8) is 0 Å². The van der Waals surface area contributed by atoms with Crippen molar-refractivity contribution >= 4 is 28.9 Å². The summed E-state index contributed by atoms with van der Waals surface area (Å²) in [6.45, 7) is 4.34. The van der Waals surface area contributed by atoms with Crippen molar-refractivity contribution in [3.8, 4) is 5.75 Å². The Hall–Kier alpha value is -3.80. The summed E-state index contributed by atoms with van der Waals surface area (Å²) in [5.74, 6) is 0.748. The highest BCUT2D eigenvalue weighted by Gasteiger charge is 2.33. The molecule has 0 saturated carbocycles. The molecule has 6 heteroatoms. The van der Waals surface area contributed by atoms with Crippen LogP contribution in [-0.4, -0.2) is 25.5 Å². The maximum atomic E-state index is 13.6. The molecule has 2 N–H and O–H groups in total. The van der Waals surface area contributed by atoms with Gasteiger partial charge in [-0.1, -0.05) is 50.2 Å². The Morgan fingerprint density at radius 3 is 2.28 bits per heavy atom. The fourth-order valence-electron chi connectivity index (χ4n) is 3.91. The van der Waals surface area contributed by atoms with Crippen molar-refractivity contribution in [1.82, 2.24) is 0 Å². The Labute approximate surface area is 188 Å². The largest absolute Gasteiger partial charge is 0.497 e. The number of anilines is 3. The predicted molar refractivity (Wildman–Crippen MR) is 127 cm³/mol. The Morgan fingerprint density at radius 2 is 1.62 bits per heavy atom. The van der Waals surface area contributed by atoms with Gasteiger partial charge in [0.15, 0.2) is 0 Å². The van der Waals surface area contributed by atoms with E-state index in [2.05, 4.69) is 24.5 Å². The van der Waals surface area contributed by atoms with Gasteiger partial charge in [-0.25, -0.2) is 0 Å². The predicted octanol–water partition coefficient (Wildman–Crippen LogP) is 4.96. The van der Waals surface area contributed by atoms with E-state index in [1.165, 1.54) is 5.56 Å². The summed E-state index contributed by atoms with van der Waals surface area (Å²) in [5.41, 5.74) is 4.19. The van der Waals surface area contributed by atoms with Crippen LogP contribution >= 0.6 is 0 Å². The number of carbonyl (C=O) groups excluding carboxylic acids is 2. The lowest BCUT2D eigenvalue weighted by atomic mass is 10.0. The van der Waals surface area contributed by atoms with Crippen LogP contribution in [0.4, 0.5) is 17.1 Å². The van der Waals surface area contributed by atoms with Gasteiger partial charge >= 0.3 is 0 Å². The Balaban J connectivity index is 1.71. The van der Waals surface area contributed by atoms with E-state index in [0.29, 0.717) is 23.0 Å². The van der Waals surface area contributed by atoms with E-state index in [-0.39, 0.29) is 18.4 Å². The molecule has 1 heterocycles. The quantitative estimate of drug-likeness (QED) is 0.581. The van der Waals surface area contributed by atoms with E-state index in [1.807, 2.05) is 77.7 Å². The molecule has 4 rings (SSSR count). The molecular weight excluding hydrogens is 402 g/mol. The zero-order chi connectivity index (χ0) is 22.7. The third kappa shape index (κ3) is 4.44. The van der Waals surface area contributed by atoms with Gasteiger partial charge in [-0.05, 0) is 53.4 Å². The molecule has 1 aliphatic heterocycles. The summed E-state index contributed by atoms with van der Waals surface area (Å²) in [7, 11) is 1.60. The molecule has 0 radical (unpaired) electrons. The maximum Gasteiger partial charge on any atom is 0.251 e. The van der Waals surface area contributed by atoms with Gasteiger partial charge in [0.1, 0.15) is 11.8 Å². The summed E-state index contributed by atoms with van der Waals surface area (Å²) < 4.78 is 5.28. The van der Waals surface area contributed by atoms with Crippen LogP contribution in [0, 0.1) is 0 Å². The molecule has 1 atom stereocenters. The lowest BCUT2D eigenvalue weighted by Gasteiger charge is -2.36. The molecule has 0 spiro atoms. The van der Waals surface area contributed by atoms with Crippen LogP contribution in [0.25, 0.3) is 0 Å². The summed E-state index contributed by atoms with van der Waals surface area (Å²) in [4.78, 5) is 27.9. The average molecular weight is 430 g/mol. The van der Waals surface area contributed by atoms with Gasteiger partial charge in [0.25, 0.3) is 5.91 Å². The van der Waals surface area contributed by atoms with Crippen molar-refractivity contribution in [1.29, 1.82) is 0 Å². The Bertz CT molecular complexity index is 1110. The van der Waals surface area contributed by atoms with Gasteiger partial charge < -0.3 is 20.3 Å². The van der Waals surface area contributed by atoms with Crippen LogP contribution in [0.5, 0.6) is 5.75 Å². The van der Waals surface area contributed by atoms with Gasteiger partial charge in [-0.15, -0.1) is 0 Å². The molecule has 0 aromatic heterocycles. The first-order valence-electron chi connectivity index (χ1n) is 10.7. The number of amides is 2. The number of rotatable bonds is 6. The van der Waals surface area contributed by atoms with Gasteiger partial charge in [-0.2, -0.15) is 0 Å². The van der Waals surface area contributed by atoms with E-state index in [4.69, 9.17) is 4.74 Å². The van der Waals surface area contributed by atoms with Crippen molar-refractivity contribution in [2.75, 3.05) is 29.2 Å². The summed E-state index contributed by atoms with van der Waals surface area (Å²) in [5, 5.41) is 5.92. The van der Waals surface area contributed by atoms with Crippen molar-refractivity contribution in [3.05, 3.63) is 83.9 Å². The number of nitrogens with zero attached hydrogens (tertiary/aromatic N) is 1. The van der Waals surface area contributed by atoms with Gasteiger partial charge in [0.05, 0.1) is 25.0 Å².